The van der Waals surface area contributed by atoms with E-state index in [4.69, 9.17) is 28.1 Å². The molecule has 2 aliphatic rings. The molecular weight excluding hydrogens is 743 g/mol. The van der Waals surface area contributed by atoms with E-state index in [0.29, 0.717) is 6.61 Å². The second-order valence-electron chi connectivity index (χ2n) is 17.7. The number of unbranched alkanes of at least 4 members (excludes halogenated alkanes) is 11. The molecule has 0 aliphatic carbocycles. The Morgan fingerprint density at radius 3 is 1.71 bits per heavy atom. The van der Waals surface area contributed by atoms with E-state index in [2.05, 4.69) is 98.4 Å². The second-order valence-corrected chi connectivity index (χ2v) is 22.0. The van der Waals surface area contributed by atoms with Crippen molar-refractivity contribution in [3.63, 3.8) is 0 Å². The van der Waals surface area contributed by atoms with E-state index in [1.54, 1.807) is 0 Å². The molecule has 0 bridgehead atoms. The lowest BCUT2D eigenvalue weighted by atomic mass is 10.00. The summed E-state index contributed by atoms with van der Waals surface area (Å²) in [7, 11) is -2.84. The van der Waals surface area contributed by atoms with E-state index in [-0.39, 0.29) is 24.4 Å². The highest BCUT2D eigenvalue weighted by molar-refractivity contribution is 6.99. The van der Waals surface area contributed by atoms with Gasteiger partial charge in [-0.25, -0.2) is 0 Å². The molecule has 3 aromatic rings. The van der Waals surface area contributed by atoms with Crippen LogP contribution in [0.1, 0.15) is 137 Å². The lowest BCUT2D eigenvalue weighted by Crippen LogP contribution is -2.67. The van der Waals surface area contributed by atoms with Crippen LogP contribution in [0, 0.1) is 0 Å². The first-order chi connectivity index (χ1) is 28.1. The summed E-state index contributed by atoms with van der Waals surface area (Å²) in [6, 6.07) is 30.7. The van der Waals surface area contributed by atoms with Crippen molar-refractivity contribution in [2.45, 2.75) is 173 Å². The molecule has 10 heteroatoms. The molecule has 0 aromatic heterocycles. The van der Waals surface area contributed by atoms with Crippen molar-refractivity contribution in [1.29, 1.82) is 0 Å². The minimum Gasteiger partial charge on any atom is -0.405 e. The Hall–Kier alpha value is -3.05. The zero-order chi connectivity index (χ0) is 41.3. The second kappa shape index (κ2) is 23.1. The number of benzene rings is 3. The molecule has 2 saturated heterocycles. The highest BCUT2D eigenvalue weighted by Gasteiger charge is 2.51. The summed E-state index contributed by atoms with van der Waals surface area (Å²) in [6.45, 7) is 13.7. The third kappa shape index (κ3) is 13.0. The maximum absolute atomic E-state index is 9.66. The van der Waals surface area contributed by atoms with Gasteiger partial charge in [-0.05, 0) is 41.2 Å². The Morgan fingerprint density at radius 1 is 0.690 bits per heavy atom. The van der Waals surface area contributed by atoms with Gasteiger partial charge < -0.3 is 28.1 Å². The fourth-order valence-corrected chi connectivity index (χ4v) is 13.3. The van der Waals surface area contributed by atoms with E-state index in [1.165, 1.54) is 74.6 Å². The van der Waals surface area contributed by atoms with Gasteiger partial charge in [-0.15, -0.1) is 0 Å². The van der Waals surface area contributed by atoms with Gasteiger partial charge in [-0.2, -0.15) is 0 Å². The van der Waals surface area contributed by atoms with Gasteiger partial charge in [0.15, 0.2) is 12.1 Å². The summed E-state index contributed by atoms with van der Waals surface area (Å²) in [5.41, 5.74) is 10.6. The van der Waals surface area contributed by atoms with Crippen molar-refractivity contribution < 1.29 is 28.1 Å². The topological polar surface area (TPSA) is 104 Å². The average molecular weight is 814 g/mol. The van der Waals surface area contributed by atoms with E-state index >= 15 is 0 Å². The van der Waals surface area contributed by atoms with Gasteiger partial charge in [0, 0.05) is 10.5 Å². The van der Waals surface area contributed by atoms with Crippen LogP contribution in [0.4, 0.5) is 0 Å². The van der Waals surface area contributed by atoms with Gasteiger partial charge in [0.05, 0.1) is 38.1 Å². The molecule has 0 radical (unpaired) electrons. The number of hydrogen-bond acceptors (Lipinski definition) is 7. The molecule has 0 spiro atoms. The van der Waals surface area contributed by atoms with Crippen LogP contribution in [0.3, 0.4) is 0 Å². The average Bonchev–Trinajstić information content (AvgIpc) is 3.77. The third-order valence-corrected chi connectivity index (χ3v) is 16.7. The molecule has 2 fully saturated rings. The van der Waals surface area contributed by atoms with Crippen molar-refractivity contribution in [3.8, 4) is 0 Å². The van der Waals surface area contributed by atoms with Crippen LogP contribution in [0.5, 0.6) is 0 Å². The number of nitrogens with zero attached hydrogens (tertiary/aromatic N) is 3. The van der Waals surface area contributed by atoms with Gasteiger partial charge in [0.25, 0.3) is 8.32 Å². The molecule has 2 heterocycles. The van der Waals surface area contributed by atoms with E-state index in [1.807, 2.05) is 44.2 Å². The summed E-state index contributed by atoms with van der Waals surface area (Å²) >= 11 is 0. The normalized spacial score (nSPS) is 22.5. The zero-order valence-corrected chi connectivity index (χ0v) is 37.2. The smallest absolute Gasteiger partial charge is 0.261 e. The van der Waals surface area contributed by atoms with Crippen molar-refractivity contribution in [1.82, 2.24) is 0 Å². The summed E-state index contributed by atoms with van der Waals surface area (Å²) < 4.78 is 39.8. The van der Waals surface area contributed by atoms with Crippen LogP contribution < -0.4 is 10.4 Å². The maximum Gasteiger partial charge on any atom is 0.261 e. The summed E-state index contributed by atoms with van der Waals surface area (Å²) in [4.78, 5) is 3.22. The monoisotopic (exact) mass is 814 g/mol. The Balaban J connectivity index is 1.21. The molecule has 0 saturated carbocycles. The van der Waals surface area contributed by atoms with E-state index in [0.717, 1.165) is 24.8 Å². The SMILES string of the molecule is CCCCCCCCCCCCCC[C@H]1OC(C)(C)O[C@H]1[C@H](COC[C@@H]1OC(c2ccccc2)O[C@H]1CO[Si](c1ccccc1)(c1ccccc1)C(C)(C)C)N=[N+]=[N-]. The summed E-state index contributed by atoms with van der Waals surface area (Å²) in [5.74, 6) is -0.773. The zero-order valence-electron chi connectivity index (χ0n) is 36.2. The first-order valence-corrected chi connectivity index (χ1v) is 24.1. The lowest BCUT2D eigenvalue weighted by molar-refractivity contribution is -0.149. The van der Waals surface area contributed by atoms with Crippen LogP contribution in [0.25, 0.3) is 10.4 Å². The van der Waals surface area contributed by atoms with Gasteiger partial charge in [-0.1, -0.05) is 201 Å². The molecule has 6 atom stereocenters. The van der Waals surface area contributed by atoms with Crippen LogP contribution in [0.2, 0.25) is 5.04 Å². The van der Waals surface area contributed by atoms with Crippen molar-refractivity contribution in [3.05, 3.63) is 107 Å². The fourth-order valence-electron chi connectivity index (χ4n) is 8.72. The molecule has 2 aliphatic heterocycles. The van der Waals surface area contributed by atoms with Crippen molar-refractivity contribution in [2.24, 2.45) is 5.11 Å². The summed E-state index contributed by atoms with van der Waals surface area (Å²) in [6.07, 6.45) is 14.4. The van der Waals surface area contributed by atoms with Crippen LogP contribution >= 0.6 is 0 Å². The van der Waals surface area contributed by atoms with E-state index < -0.39 is 44.7 Å². The quantitative estimate of drug-likeness (QED) is 0.0277. The Labute approximate surface area is 350 Å². The molecule has 0 amide bonds. The van der Waals surface area contributed by atoms with Gasteiger partial charge in [0.2, 0.25) is 0 Å². The molecule has 1 unspecified atom stereocenters. The Kier molecular flexibility index (Phi) is 18.3. The standard InChI is InChI=1S/C48H71N3O6Si/c1-7-8-9-10-11-12-13-14-15-16-17-27-34-42-45(57-48(5,6)56-42)41(50-51-49)35-52-36-43-44(55-46(54-43)38-28-21-18-22-29-38)37-53-58(47(2,3)4,39-30-23-19-24-31-39)40-32-25-20-26-33-40/h18-26,28-33,41-46H,7-17,27,34-37H2,1-6H3/t41-,42+,43-,44-,45-,46?/m0/s1. The Morgan fingerprint density at radius 2 is 1.19 bits per heavy atom. The van der Waals surface area contributed by atoms with Crippen molar-refractivity contribution in [2.75, 3.05) is 19.8 Å². The summed E-state index contributed by atoms with van der Waals surface area (Å²) in [5, 5.41) is 6.42. The third-order valence-electron chi connectivity index (χ3n) is 11.7. The maximum atomic E-state index is 9.66. The molecule has 318 valence electrons. The largest absolute Gasteiger partial charge is 0.405 e. The molecule has 58 heavy (non-hydrogen) atoms. The first-order valence-electron chi connectivity index (χ1n) is 22.2. The number of hydrogen-bond donors (Lipinski definition) is 0. The molecule has 3 aromatic carbocycles. The van der Waals surface area contributed by atoms with Gasteiger partial charge in [0.1, 0.15) is 12.2 Å². The first kappa shape index (κ1) is 46.0. The predicted octanol–water partition coefficient (Wildman–Crippen LogP) is 11.4. The number of rotatable bonds is 25. The Bertz CT molecular complexity index is 1600. The van der Waals surface area contributed by atoms with Crippen LogP contribution in [0.15, 0.2) is 96.1 Å². The van der Waals surface area contributed by atoms with E-state index in [9.17, 15) is 5.53 Å². The number of azide groups is 1. The minimum absolute atomic E-state index is 0.168. The predicted molar refractivity (Wildman–Crippen MR) is 236 cm³/mol. The molecule has 9 nitrogen and oxygen atoms in total. The highest BCUT2D eigenvalue weighted by atomic mass is 28.4. The van der Waals surface area contributed by atoms with Gasteiger partial charge in [-0.3, -0.25) is 0 Å². The fraction of sp³-hybridized carbons (Fsp3) is 0.625. The van der Waals surface area contributed by atoms with Crippen LogP contribution in [-0.4, -0.2) is 64.4 Å². The molecular formula is C48H71N3O6Si. The van der Waals surface area contributed by atoms with Crippen molar-refractivity contribution >= 4 is 18.7 Å². The highest BCUT2D eigenvalue weighted by Crippen LogP contribution is 2.39. The molecule has 0 N–H and O–H groups in total. The lowest BCUT2D eigenvalue weighted by Gasteiger charge is -2.43. The van der Waals surface area contributed by atoms with Gasteiger partial charge >= 0.3 is 0 Å². The minimum atomic E-state index is -2.84. The van der Waals surface area contributed by atoms with Crippen LogP contribution in [-0.2, 0) is 28.1 Å². The number of ether oxygens (including phenoxy) is 5. The molecule has 5 rings (SSSR count).